The fourth-order valence-corrected chi connectivity index (χ4v) is 5.27. The van der Waals surface area contributed by atoms with Gasteiger partial charge in [-0.2, -0.15) is 5.26 Å². The van der Waals surface area contributed by atoms with Crippen LogP contribution in [-0.2, 0) is 10.2 Å². The number of aromatic nitrogens is 3. The van der Waals surface area contributed by atoms with Crippen LogP contribution in [0.15, 0.2) is 58.7 Å². The Kier molecular flexibility index (Phi) is 6.12. The van der Waals surface area contributed by atoms with E-state index in [0.717, 1.165) is 54.3 Å². The molecule has 9 nitrogen and oxygen atoms in total. The SMILES string of the molecule is COC1CN(c2ccc(Nc3ncc(-c4cncs4)c(-c4ccc(C5(C#N)CC5)o4)n3)cc2)CCN1C. The molecule has 1 aliphatic heterocycles. The van der Waals surface area contributed by atoms with E-state index >= 15 is 0 Å². The number of thiazole rings is 1. The van der Waals surface area contributed by atoms with Gasteiger partial charge in [-0.1, -0.05) is 0 Å². The van der Waals surface area contributed by atoms with Crippen molar-refractivity contribution in [2.24, 2.45) is 0 Å². The van der Waals surface area contributed by atoms with E-state index in [2.05, 4.69) is 50.3 Å². The van der Waals surface area contributed by atoms with Crippen molar-refractivity contribution < 1.29 is 9.15 Å². The molecule has 1 saturated heterocycles. The molecule has 10 heteroatoms. The van der Waals surface area contributed by atoms with Crippen molar-refractivity contribution in [3.63, 3.8) is 0 Å². The summed E-state index contributed by atoms with van der Waals surface area (Å²) in [4.78, 5) is 19.1. The van der Waals surface area contributed by atoms with Crippen molar-refractivity contribution in [2.45, 2.75) is 24.5 Å². The summed E-state index contributed by atoms with van der Waals surface area (Å²) in [5.41, 5.74) is 4.84. The lowest BCUT2D eigenvalue weighted by molar-refractivity contribution is -0.0225. The number of methoxy groups -OCH3 is 1. The number of benzene rings is 1. The van der Waals surface area contributed by atoms with Gasteiger partial charge in [0.1, 0.15) is 23.1 Å². The summed E-state index contributed by atoms with van der Waals surface area (Å²) in [6.07, 6.45) is 5.32. The third-order valence-electron chi connectivity index (χ3n) is 7.11. The van der Waals surface area contributed by atoms with Crippen molar-refractivity contribution in [3.05, 3.63) is 60.1 Å². The average Bonchev–Trinajstić information content (AvgIpc) is 3.29. The van der Waals surface area contributed by atoms with Crippen LogP contribution < -0.4 is 10.2 Å². The molecule has 0 radical (unpaired) electrons. The predicted molar refractivity (Wildman–Crippen MR) is 143 cm³/mol. The second-order valence-corrected chi connectivity index (χ2v) is 10.4. The number of likely N-dealkylation sites (N-methyl/N-ethyl adjacent to an activating group) is 1. The molecule has 0 amide bonds. The van der Waals surface area contributed by atoms with Crippen molar-refractivity contribution in [1.82, 2.24) is 19.9 Å². The minimum absolute atomic E-state index is 0.0838. The van der Waals surface area contributed by atoms with E-state index < -0.39 is 5.41 Å². The van der Waals surface area contributed by atoms with Crippen LogP contribution in [0.5, 0.6) is 0 Å². The number of hydrogen-bond donors (Lipinski definition) is 1. The van der Waals surface area contributed by atoms with Gasteiger partial charge in [-0.05, 0) is 56.3 Å². The van der Waals surface area contributed by atoms with E-state index in [9.17, 15) is 5.26 Å². The van der Waals surface area contributed by atoms with Crippen molar-refractivity contribution in [3.8, 4) is 28.0 Å². The Bertz CT molecular complexity index is 1420. The van der Waals surface area contributed by atoms with Gasteiger partial charge < -0.3 is 19.4 Å². The van der Waals surface area contributed by atoms with Crippen molar-refractivity contribution in [1.29, 1.82) is 5.26 Å². The monoisotopic (exact) mass is 513 g/mol. The Morgan fingerprint density at radius 2 is 2.00 bits per heavy atom. The van der Waals surface area contributed by atoms with E-state index in [-0.39, 0.29) is 6.23 Å². The number of rotatable bonds is 7. The molecule has 0 bridgehead atoms. The molecule has 2 fully saturated rings. The molecule has 1 saturated carbocycles. The molecule has 37 heavy (non-hydrogen) atoms. The van der Waals surface area contributed by atoms with Crippen LogP contribution in [0.2, 0.25) is 0 Å². The molecule has 0 spiro atoms. The lowest BCUT2D eigenvalue weighted by atomic mass is 10.1. The van der Waals surface area contributed by atoms with Gasteiger partial charge in [0, 0.05) is 49.5 Å². The Morgan fingerprint density at radius 1 is 1.16 bits per heavy atom. The van der Waals surface area contributed by atoms with Gasteiger partial charge in [0.2, 0.25) is 5.95 Å². The number of anilines is 3. The van der Waals surface area contributed by atoms with E-state index in [0.29, 0.717) is 23.2 Å². The topological polar surface area (TPSA) is 103 Å². The standard InChI is InChI=1S/C27H27N7O2S/c1-33-11-12-34(15-24(33)35-2)19-5-3-18(4-6-19)31-26-30-13-20(22-14-29-17-37-22)25(32-26)21-7-8-23(36-21)27(16-28)9-10-27/h3-8,13-14,17,24H,9-12,15H2,1-2H3,(H,30,31,32). The van der Waals surface area contributed by atoms with Gasteiger partial charge in [0.25, 0.3) is 0 Å². The first-order valence-electron chi connectivity index (χ1n) is 12.2. The zero-order valence-corrected chi connectivity index (χ0v) is 21.5. The molecule has 188 valence electrons. The second kappa shape index (κ2) is 9.59. The highest BCUT2D eigenvalue weighted by atomic mass is 32.1. The van der Waals surface area contributed by atoms with E-state index in [1.54, 1.807) is 25.0 Å². The number of furan rings is 1. The first-order valence-corrected chi connectivity index (χ1v) is 13.1. The molecule has 6 rings (SSSR count). The Labute approximate surface area is 219 Å². The summed E-state index contributed by atoms with van der Waals surface area (Å²) >= 11 is 1.52. The second-order valence-electron chi connectivity index (χ2n) is 9.47. The quantitative estimate of drug-likeness (QED) is 0.370. The summed E-state index contributed by atoms with van der Waals surface area (Å²) in [5, 5.41) is 12.9. The number of hydrogen-bond acceptors (Lipinski definition) is 10. The predicted octanol–water partition coefficient (Wildman–Crippen LogP) is 4.88. The summed E-state index contributed by atoms with van der Waals surface area (Å²) in [5.74, 6) is 1.78. The number of ether oxygens (including phenoxy) is 1. The molecule has 1 atom stereocenters. The minimum Gasteiger partial charge on any atom is -0.458 e. The summed E-state index contributed by atoms with van der Waals surface area (Å²) in [6.45, 7) is 2.72. The molecule has 4 aromatic rings. The van der Waals surface area contributed by atoms with Gasteiger partial charge in [-0.15, -0.1) is 11.3 Å². The van der Waals surface area contributed by atoms with Gasteiger partial charge in [0.15, 0.2) is 5.76 Å². The largest absolute Gasteiger partial charge is 0.458 e. The smallest absolute Gasteiger partial charge is 0.227 e. The molecular weight excluding hydrogens is 486 g/mol. The van der Waals surface area contributed by atoms with Crippen LogP contribution in [0.25, 0.3) is 21.9 Å². The molecule has 1 aliphatic carbocycles. The highest BCUT2D eigenvalue weighted by molar-refractivity contribution is 7.13. The lowest BCUT2D eigenvalue weighted by Crippen LogP contribution is -2.52. The van der Waals surface area contributed by atoms with Gasteiger partial charge in [0.05, 0.1) is 23.0 Å². The highest BCUT2D eigenvalue weighted by Crippen LogP contribution is 2.49. The van der Waals surface area contributed by atoms with Crippen LogP contribution in [0, 0.1) is 11.3 Å². The molecule has 4 heterocycles. The van der Waals surface area contributed by atoms with Crippen molar-refractivity contribution in [2.75, 3.05) is 44.0 Å². The Morgan fingerprint density at radius 3 is 2.70 bits per heavy atom. The zero-order valence-electron chi connectivity index (χ0n) is 20.7. The fourth-order valence-electron chi connectivity index (χ4n) is 4.63. The van der Waals surface area contributed by atoms with Crippen LogP contribution in [0.1, 0.15) is 18.6 Å². The Balaban J connectivity index is 1.26. The molecule has 1 aromatic carbocycles. The number of nitrogens with zero attached hydrogens (tertiary/aromatic N) is 6. The first-order chi connectivity index (χ1) is 18.1. The number of nitrogens with one attached hydrogen (secondary N) is 1. The fraction of sp³-hybridized carbons (Fsp3) is 0.333. The molecule has 1 N–H and O–H groups in total. The van der Waals surface area contributed by atoms with E-state index in [4.69, 9.17) is 14.1 Å². The first kappa shape index (κ1) is 23.6. The third-order valence-corrected chi connectivity index (χ3v) is 7.92. The van der Waals surface area contributed by atoms with E-state index in [1.807, 2.05) is 24.3 Å². The molecule has 2 aliphatic rings. The van der Waals surface area contributed by atoms with Crippen LogP contribution >= 0.6 is 11.3 Å². The molecular formula is C27H27N7O2S. The van der Waals surface area contributed by atoms with Gasteiger partial charge in [-0.3, -0.25) is 9.88 Å². The van der Waals surface area contributed by atoms with Crippen LogP contribution in [0.4, 0.5) is 17.3 Å². The lowest BCUT2D eigenvalue weighted by Gasteiger charge is -2.39. The summed E-state index contributed by atoms with van der Waals surface area (Å²) < 4.78 is 11.8. The Hall–Kier alpha value is -3.78. The summed E-state index contributed by atoms with van der Waals surface area (Å²) in [7, 11) is 3.84. The third kappa shape index (κ3) is 4.57. The minimum atomic E-state index is -0.494. The zero-order chi connectivity index (χ0) is 25.4. The summed E-state index contributed by atoms with van der Waals surface area (Å²) in [6, 6.07) is 14.4. The average molecular weight is 514 g/mol. The van der Waals surface area contributed by atoms with Crippen molar-refractivity contribution >= 4 is 28.7 Å². The maximum absolute atomic E-state index is 9.58. The highest BCUT2D eigenvalue weighted by Gasteiger charge is 2.48. The van der Waals surface area contributed by atoms with Crippen LogP contribution in [-0.4, -0.2) is 59.9 Å². The van der Waals surface area contributed by atoms with Crippen LogP contribution in [0.3, 0.4) is 0 Å². The maximum atomic E-state index is 9.58. The van der Waals surface area contributed by atoms with Gasteiger partial charge >= 0.3 is 0 Å². The molecule has 1 unspecified atom stereocenters. The van der Waals surface area contributed by atoms with E-state index in [1.165, 1.54) is 11.3 Å². The number of piperazine rings is 1. The number of nitriles is 1. The normalized spacial score (nSPS) is 18.9. The molecule has 3 aromatic heterocycles. The maximum Gasteiger partial charge on any atom is 0.227 e. The van der Waals surface area contributed by atoms with Gasteiger partial charge in [-0.25, -0.2) is 9.97 Å².